The standard InChI is InChI=1S/2C36H47ClN2O7S/c2*1-23-6-4-8-32(45-3)29-12-9-26(29)19-39-21-36(15-5-7-24-16-27(37)11-13-30(24)36)22-46-33-14-10-25(17-31(33)39)35(41)38-47(42,43)34(23)18-28(40)20-44-2/h2*4,8,10-11,13-14,16-17,23,26,28-29,32,34,40H,5-7,9,12,15,18-22H2,1-3H3,(H,38,41)/b2*8-4+/t23-,26-,28-,29+,32-,34+,36-;23-,26-,28-,29+,32-,34-,36-/m00/s1. The Morgan fingerprint density at radius 2 is 1.01 bits per heavy atom. The van der Waals surface area contributed by atoms with Gasteiger partial charge in [-0.3, -0.25) is 9.59 Å². The maximum Gasteiger partial charge on any atom is 0.264 e. The van der Waals surface area contributed by atoms with Crippen LogP contribution in [0.15, 0.2) is 97.1 Å². The quantitative estimate of drug-likeness (QED) is 0.108. The van der Waals surface area contributed by atoms with Gasteiger partial charge in [-0.1, -0.05) is 73.5 Å². The van der Waals surface area contributed by atoms with Crippen molar-refractivity contribution < 1.29 is 65.1 Å². The summed E-state index contributed by atoms with van der Waals surface area (Å²) in [5.74, 6) is 0.510. The molecule has 512 valence electrons. The Balaban J connectivity index is 0.000000192. The molecular weight excluding hydrogens is 1280 g/mol. The van der Waals surface area contributed by atoms with Crippen LogP contribution in [0.4, 0.5) is 11.4 Å². The monoisotopic (exact) mass is 1370 g/mol. The zero-order valence-electron chi connectivity index (χ0n) is 55.0. The van der Waals surface area contributed by atoms with Crippen molar-refractivity contribution in [2.75, 3.05) is 90.8 Å². The fourth-order valence-electron chi connectivity index (χ4n) is 16.4. The molecule has 2 spiro atoms. The molecule has 12 rings (SSSR count). The second-order valence-electron chi connectivity index (χ2n) is 28.0. The molecule has 0 radical (unpaired) electrons. The number of methoxy groups -OCH3 is 4. The van der Waals surface area contributed by atoms with Gasteiger partial charge in [0.1, 0.15) is 11.5 Å². The minimum absolute atomic E-state index is 0.00297. The molecular formula is C72H94Cl2N4O14S2. The number of carbonyl (C=O) groups excluding carboxylic acids is 2. The van der Waals surface area contributed by atoms with Crippen molar-refractivity contribution in [2.45, 2.75) is 149 Å². The third-order valence-corrected chi connectivity index (χ3v) is 26.1. The number of fused-ring (bicyclic) bond motifs is 8. The number of anilines is 2. The first-order chi connectivity index (χ1) is 45.1. The number of hydrogen-bond donors (Lipinski definition) is 4. The van der Waals surface area contributed by atoms with Crippen molar-refractivity contribution in [1.29, 1.82) is 0 Å². The fourth-order valence-corrected chi connectivity index (χ4v) is 20.3. The van der Waals surface area contributed by atoms with Crippen molar-refractivity contribution in [3.05, 3.63) is 141 Å². The lowest BCUT2D eigenvalue weighted by molar-refractivity contribution is 0.0130. The summed E-state index contributed by atoms with van der Waals surface area (Å²) in [4.78, 5) is 32.1. The van der Waals surface area contributed by atoms with E-state index in [1.807, 2.05) is 38.1 Å². The number of nitrogens with one attached hydrogen (secondary N) is 2. The average Bonchev–Trinajstić information content (AvgIpc) is 1.49. The maximum atomic E-state index is 13.8. The first kappa shape index (κ1) is 70.1. The van der Waals surface area contributed by atoms with Gasteiger partial charge in [-0.25, -0.2) is 26.3 Å². The van der Waals surface area contributed by atoms with E-state index in [0.717, 1.165) is 98.7 Å². The number of benzene rings is 4. The molecule has 4 bridgehead atoms. The molecule has 4 aromatic carbocycles. The summed E-state index contributed by atoms with van der Waals surface area (Å²) in [7, 11) is -1.97. The highest BCUT2D eigenvalue weighted by molar-refractivity contribution is 7.91. The number of aryl methyl sites for hydroxylation is 2. The second kappa shape index (κ2) is 29.8. The highest BCUT2D eigenvalue weighted by atomic mass is 35.5. The van der Waals surface area contributed by atoms with Crippen LogP contribution >= 0.6 is 23.2 Å². The van der Waals surface area contributed by atoms with Gasteiger partial charge >= 0.3 is 0 Å². The van der Waals surface area contributed by atoms with E-state index >= 15 is 0 Å². The molecule has 4 heterocycles. The van der Waals surface area contributed by atoms with Gasteiger partial charge in [-0.15, -0.1) is 0 Å². The van der Waals surface area contributed by atoms with Crippen molar-refractivity contribution in [3.63, 3.8) is 0 Å². The Morgan fingerprint density at radius 1 is 0.596 bits per heavy atom. The Morgan fingerprint density at radius 3 is 1.38 bits per heavy atom. The molecule has 2 fully saturated rings. The van der Waals surface area contributed by atoms with E-state index in [4.69, 9.17) is 51.6 Å². The SMILES string of the molecule is COC[C@@H](O)C[C@@H]1[C@@H](C)C/C=C/[C@H](OC)[C@@H]2CC[C@H]2CN2C[C@@]3(CCCc4cc(Cl)ccc43)COc3ccc(cc32)C(=O)NS1(=O)=O.COC[C@@H](O)C[C@H]1[C@@H](C)C/C=C/[C@H](OC)[C@@H]2CC[C@H]2CN2C[C@@]3(CCCc4cc(Cl)ccc43)COc3ccc(cc32)C(=O)NS1(=O)=O. The first-order valence-corrected chi connectivity index (χ1v) is 37.4. The first-order valence-electron chi connectivity index (χ1n) is 33.5. The minimum atomic E-state index is -4.18. The number of rotatable bonds is 10. The number of aliphatic hydroxyl groups is 2. The Kier molecular flexibility index (Phi) is 22.2. The molecule has 0 saturated heterocycles. The molecule has 4 aliphatic carbocycles. The number of aliphatic hydroxyl groups excluding tert-OH is 2. The zero-order chi connectivity index (χ0) is 66.7. The van der Waals surface area contributed by atoms with Crippen molar-refractivity contribution in [3.8, 4) is 11.5 Å². The average molecular weight is 1370 g/mol. The highest BCUT2D eigenvalue weighted by Crippen LogP contribution is 2.50. The van der Waals surface area contributed by atoms with E-state index in [2.05, 4.69) is 55.7 Å². The lowest BCUT2D eigenvalue weighted by Crippen LogP contribution is -2.49. The number of nitrogens with zero attached hydrogens (tertiary/aromatic N) is 2. The fraction of sp³-hybridized carbons (Fsp3) is 0.583. The zero-order valence-corrected chi connectivity index (χ0v) is 58.1. The molecule has 4 aliphatic heterocycles. The number of allylic oxidation sites excluding steroid dienone is 2. The summed E-state index contributed by atoms with van der Waals surface area (Å²) < 4.78 is 95.2. The molecule has 18 nitrogen and oxygen atoms in total. The molecule has 4 N–H and O–H groups in total. The van der Waals surface area contributed by atoms with Crippen LogP contribution in [0.3, 0.4) is 0 Å². The predicted octanol–water partition coefficient (Wildman–Crippen LogP) is 10.6. The highest BCUT2D eigenvalue weighted by Gasteiger charge is 2.48. The number of hydrogen-bond acceptors (Lipinski definition) is 16. The number of ether oxygens (including phenoxy) is 6. The number of halogens is 2. The van der Waals surface area contributed by atoms with E-state index in [0.29, 0.717) is 74.3 Å². The Bertz CT molecular complexity index is 3430. The van der Waals surface area contributed by atoms with E-state index in [1.165, 1.54) is 36.5 Å². The third-order valence-electron chi connectivity index (χ3n) is 21.8. The minimum Gasteiger partial charge on any atom is -0.490 e. The lowest BCUT2D eigenvalue weighted by atomic mass is 9.68. The van der Waals surface area contributed by atoms with E-state index < -0.39 is 54.6 Å². The summed E-state index contributed by atoms with van der Waals surface area (Å²) in [5.41, 5.74) is 6.54. The van der Waals surface area contributed by atoms with Crippen LogP contribution in [-0.2, 0) is 62.7 Å². The summed E-state index contributed by atoms with van der Waals surface area (Å²) in [5, 5.41) is 20.5. The van der Waals surface area contributed by atoms with Crippen molar-refractivity contribution in [1.82, 2.24) is 9.44 Å². The smallest absolute Gasteiger partial charge is 0.264 e. The van der Waals surface area contributed by atoms with E-state index in [9.17, 15) is 36.6 Å². The molecule has 14 atom stereocenters. The molecule has 0 unspecified atom stereocenters. The van der Waals surface area contributed by atoms with E-state index in [-0.39, 0.29) is 72.1 Å². The van der Waals surface area contributed by atoms with Crippen LogP contribution in [0.5, 0.6) is 11.5 Å². The Labute approximate surface area is 565 Å². The number of carbonyl (C=O) groups is 2. The molecule has 2 saturated carbocycles. The van der Waals surface area contributed by atoms with Gasteiger partial charge in [0.25, 0.3) is 11.8 Å². The van der Waals surface area contributed by atoms with Crippen LogP contribution in [0.1, 0.15) is 134 Å². The predicted molar refractivity (Wildman–Crippen MR) is 366 cm³/mol. The van der Waals surface area contributed by atoms with Gasteiger partial charge in [-0.2, -0.15) is 0 Å². The third kappa shape index (κ3) is 15.2. The van der Waals surface area contributed by atoms with Crippen molar-refractivity contribution >= 4 is 66.4 Å². The molecule has 22 heteroatoms. The summed E-state index contributed by atoms with van der Waals surface area (Å²) in [6.45, 7) is 7.57. The van der Waals surface area contributed by atoms with Crippen LogP contribution in [0, 0.1) is 35.5 Å². The van der Waals surface area contributed by atoms with Crippen LogP contribution in [0.25, 0.3) is 0 Å². The van der Waals surface area contributed by atoms with Gasteiger partial charge in [0.15, 0.2) is 0 Å². The summed E-state index contributed by atoms with van der Waals surface area (Å²) in [6, 6.07) is 22.8. The van der Waals surface area contributed by atoms with Crippen LogP contribution in [-0.4, -0.2) is 155 Å². The molecule has 4 aromatic rings. The van der Waals surface area contributed by atoms with Gasteiger partial charge in [-0.05, 0) is 208 Å². The summed E-state index contributed by atoms with van der Waals surface area (Å²) >= 11 is 12.8. The van der Waals surface area contributed by atoms with Gasteiger partial charge in [0.05, 0.1) is 72.7 Å². The topological polar surface area (TPSA) is 229 Å². The van der Waals surface area contributed by atoms with Crippen LogP contribution in [0.2, 0.25) is 10.0 Å². The molecule has 2 amide bonds. The molecule has 94 heavy (non-hydrogen) atoms. The molecule has 0 aromatic heterocycles. The second-order valence-corrected chi connectivity index (χ2v) is 32.7. The van der Waals surface area contributed by atoms with Crippen molar-refractivity contribution in [2.24, 2.45) is 35.5 Å². The largest absolute Gasteiger partial charge is 0.490 e. The normalized spacial score (nSPS) is 31.7. The van der Waals surface area contributed by atoms with Gasteiger partial charge in [0, 0.05) is 86.6 Å². The number of sulfonamides is 2. The summed E-state index contributed by atoms with van der Waals surface area (Å²) in [6.07, 6.45) is 16.8. The number of amides is 2. The van der Waals surface area contributed by atoms with E-state index in [1.54, 1.807) is 50.6 Å². The maximum absolute atomic E-state index is 13.8. The van der Waals surface area contributed by atoms with Crippen LogP contribution < -0.4 is 28.7 Å². The van der Waals surface area contributed by atoms with Gasteiger partial charge in [0.2, 0.25) is 20.0 Å². The molecule has 8 aliphatic rings. The van der Waals surface area contributed by atoms with Gasteiger partial charge < -0.3 is 48.4 Å². The Hall–Kier alpha value is -5.26. The lowest BCUT2D eigenvalue weighted by Gasteiger charge is -2.46.